The van der Waals surface area contributed by atoms with E-state index in [1.807, 2.05) is 13.8 Å². The first-order valence-electron chi connectivity index (χ1n) is 5.08. The van der Waals surface area contributed by atoms with Gasteiger partial charge in [-0.15, -0.1) is 0 Å². The summed E-state index contributed by atoms with van der Waals surface area (Å²) in [7, 11) is 0. The molecule has 0 aromatic carbocycles. The highest BCUT2D eigenvalue weighted by Gasteiger charge is 2.33. The zero-order valence-electron chi connectivity index (χ0n) is 9.03. The Balaban J connectivity index is 2.72. The van der Waals surface area contributed by atoms with E-state index < -0.39 is 11.8 Å². The molecule has 5 heteroatoms. The summed E-state index contributed by atoms with van der Waals surface area (Å²) in [5.41, 5.74) is 0. The van der Waals surface area contributed by atoms with Crippen molar-refractivity contribution >= 4 is 18.1 Å². The van der Waals surface area contributed by atoms with Crippen LogP contribution in [0.3, 0.4) is 0 Å². The molecule has 1 aliphatic rings. The summed E-state index contributed by atoms with van der Waals surface area (Å²) in [6, 6.07) is -0.0552. The minimum absolute atomic E-state index is 0.00361. The highest BCUT2D eigenvalue weighted by molar-refractivity contribution is 6.35. The van der Waals surface area contributed by atoms with Crippen molar-refractivity contribution in [1.29, 1.82) is 0 Å². The van der Waals surface area contributed by atoms with Crippen LogP contribution in [0, 0.1) is 5.92 Å². The van der Waals surface area contributed by atoms with Crippen molar-refractivity contribution < 1.29 is 14.4 Å². The van der Waals surface area contributed by atoms with Crippen molar-refractivity contribution in [2.75, 3.05) is 13.1 Å². The molecule has 5 nitrogen and oxygen atoms in total. The van der Waals surface area contributed by atoms with Gasteiger partial charge in [0.2, 0.25) is 0 Å². The molecule has 0 bridgehead atoms. The molecule has 1 aliphatic heterocycles. The van der Waals surface area contributed by atoms with Crippen molar-refractivity contribution in [2.24, 2.45) is 5.92 Å². The predicted molar refractivity (Wildman–Crippen MR) is 54.0 cm³/mol. The maximum Gasteiger partial charge on any atom is 0.312 e. The Morgan fingerprint density at radius 1 is 1.53 bits per heavy atom. The first kappa shape index (κ1) is 11.7. The van der Waals surface area contributed by atoms with Crippen molar-refractivity contribution in [2.45, 2.75) is 26.3 Å². The lowest BCUT2D eigenvalue weighted by Gasteiger charge is -2.34. The molecule has 0 aromatic rings. The summed E-state index contributed by atoms with van der Waals surface area (Å²) in [5.74, 6) is -0.789. The second-order valence-corrected chi connectivity index (χ2v) is 4.12. The number of hydrogen-bond donors (Lipinski definition) is 1. The van der Waals surface area contributed by atoms with E-state index in [1.165, 1.54) is 4.90 Å². The Kier molecular flexibility index (Phi) is 3.82. The molecule has 84 valence electrons. The van der Waals surface area contributed by atoms with Gasteiger partial charge < -0.3 is 15.0 Å². The van der Waals surface area contributed by atoms with Crippen LogP contribution < -0.4 is 5.32 Å². The summed E-state index contributed by atoms with van der Waals surface area (Å²) in [4.78, 5) is 34.3. The first-order valence-corrected chi connectivity index (χ1v) is 5.08. The number of carbonyl (C=O) groups excluding carboxylic acids is 3. The Morgan fingerprint density at radius 3 is 2.73 bits per heavy atom. The average Bonchev–Trinajstić information content (AvgIpc) is 2.17. The highest BCUT2D eigenvalue weighted by atomic mass is 16.2. The number of hydrogen-bond acceptors (Lipinski definition) is 3. The van der Waals surface area contributed by atoms with Crippen LogP contribution in [0.1, 0.15) is 20.3 Å². The molecule has 1 fully saturated rings. The van der Waals surface area contributed by atoms with Crippen LogP contribution >= 0.6 is 0 Å². The minimum atomic E-state index is -0.614. The lowest BCUT2D eigenvalue weighted by molar-refractivity contribution is -0.151. The fourth-order valence-electron chi connectivity index (χ4n) is 1.76. The van der Waals surface area contributed by atoms with Gasteiger partial charge in [-0.25, -0.2) is 0 Å². The molecule has 15 heavy (non-hydrogen) atoms. The summed E-state index contributed by atoms with van der Waals surface area (Å²) < 4.78 is 0. The fraction of sp³-hybridized carbons (Fsp3) is 0.700. The number of nitrogens with one attached hydrogen (secondary N) is 1. The Labute approximate surface area is 88.8 Å². The van der Waals surface area contributed by atoms with E-state index in [4.69, 9.17) is 0 Å². The Bertz CT molecular complexity index is 276. The molecule has 2 amide bonds. The number of amides is 2. The zero-order chi connectivity index (χ0) is 11.4. The van der Waals surface area contributed by atoms with Gasteiger partial charge in [-0.2, -0.15) is 0 Å². The van der Waals surface area contributed by atoms with Gasteiger partial charge in [-0.05, 0) is 12.3 Å². The normalized spacial score (nSPS) is 21.8. The molecule has 1 atom stereocenters. The van der Waals surface area contributed by atoms with E-state index >= 15 is 0 Å². The third kappa shape index (κ3) is 2.78. The summed E-state index contributed by atoms with van der Waals surface area (Å²) >= 11 is 0. The first-order chi connectivity index (χ1) is 7.06. The van der Waals surface area contributed by atoms with Crippen LogP contribution in [0.2, 0.25) is 0 Å². The molecule has 1 unspecified atom stereocenters. The summed E-state index contributed by atoms with van der Waals surface area (Å²) in [5, 5.41) is 2.53. The Morgan fingerprint density at radius 2 is 2.20 bits per heavy atom. The third-order valence-electron chi connectivity index (χ3n) is 2.41. The van der Waals surface area contributed by atoms with E-state index in [2.05, 4.69) is 5.32 Å². The molecule has 1 heterocycles. The molecule has 0 spiro atoms. The van der Waals surface area contributed by atoms with Crippen molar-refractivity contribution in [3.05, 3.63) is 0 Å². The van der Waals surface area contributed by atoms with E-state index in [0.717, 1.165) is 6.42 Å². The molecule has 1 rings (SSSR count). The maximum absolute atomic E-state index is 11.5. The summed E-state index contributed by atoms with van der Waals surface area (Å²) in [6.45, 7) is 4.53. The van der Waals surface area contributed by atoms with Gasteiger partial charge in [0, 0.05) is 6.54 Å². The summed E-state index contributed by atoms with van der Waals surface area (Å²) in [6.07, 6.45) is 1.45. The van der Waals surface area contributed by atoms with Gasteiger partial charge >= 0.3 is 11.8 Å². The molecule has 0 radical (unpaired) electrons. The van der Waals surface area contributed by atoms with Crippen molar-refractivity contribution in [3.63, 3.8) is 0 Å². The standard InChI is InChI=1S/C10H16N2O3/c1-7(2)5-8-6-11-9(14)10(15)12(8)3-4-13/h4,7-8H,3,5-6H2,1-2H3,(H,11,14). The lowest BCUT2D eigenvalue weighted by atomic mass is 10.0. The zero-order valence-corrected chi connectivity index (χ0v) is 9.03. The van der Waals surface area contributed by atoms with E-state index in [0.29, 0.717) is 18.7 Å². The van der Waals surface area contributed by atoms with Crippen LogP contribution in [0.4, 0.5) is 0 Å². The minimum Gasteiger partial charge on any atom is -0.346 e. The quantitative estimate of drug-likeness (QED) is 0.507. The van der Waals surface area contributed by atoms with Gasteiger partial charge in [-0.3, -0.25) is 9.59 Å². The molecule has 1 saturated heterocycles. The third-order valence-corrected chi connectivity index (χ3v) is 2.41. The van der Waals surface area contributed by atoms with Crippen LogP contribution in [0.5, 0.6) is 0 Å². The van der Waals surface area contributed by atoms with Crippen LogP contribution in [-0.4, -0.2) is 42.1 Å². The van der Waals surface area contributed by atoms with Crippen molar-refractivity contribution in [3.8, 4) is 0 Å². The van der Waals surface area contributed by atoms with Gasteiger partial charge in [0.05, 0.1) is 12.6 Å². The van der Waals surface area contributed by atoms with Gasteiger partial charge in [0.15, 0.2) is 0 Å². The van der Waals surface area contributed by atoms with E-state index in [1.54, 1.807) is 0 Å². The number of piperazine rings is 1. The van der Waals surface area contributed by atoms with Crippen LogP contribution in [0.15, 0.2) is 0 Å². The van der Waals surface area contributed by atoms with E-state index in [9.17, 15) is 14.4 Å². The second kappa shape index (κ2) is 4.91. The maximum atomic E-state index is 11.5. The van der Waals surface area contributed by atoms with Crippen molar-refractivity contribution in [1.82, 2.24) is 10.2 Å². The highest BCUT2D eigenvalue weighted by Crippen LogP contribution is 2.13. The average molecular weight is 212 g/mol. The molecule has 0 saturated carbocycles. The van der Waals surface area contributed by atoms with Gasteiger partial charge in [0.25, 0.3) is 0 Å². The Hall–Kier alpha value is -1.39. The number of aldehydes is 1. The number of nitrogens with zero attached hydrogens (tertiary/aromatic N) is 1. The lowest BCUT2D eigenvalue weighted by Crippen LogP contribution is -2.58. The van der Waals surface area contributed by atoms with Crippen LogP contribution in [-0.2, 0) is 14.4 Å². The topological polar surface area (TPSA) is 66.5 Å². The van der Waals surface area contributed by atoms with Gasteiger partial charge in [0.1, 0.15) is 6.29 Å². The molecule has 0 aromatic heterocycles. The predicted octanol–water partition coefficient (Wildman–Crippen LogP) is -0.442. The second-order valence-electron chi connectivity index (χ2n) is 4.12. The SMILES string of the molecule is CC(C)CC1CNC(=O)C(=O)N1CC=O. The molecule has 1 N–H and O–H groups in total. The molecular weight excluding hydrogens is 196 g/mol. The monoisotopic (exact) mass is 212 g/mol. The number of carbonyl (C=O) groups is 3. The number of rotatable bonds is 4. The van der Waals surface area contributed by atoms with Gasteiger partial charge in [-0.1, -0.05) is 13.8 Å². The van der Waals surface area contributed by atoms with E-state index in [-0.39, 0.29) is 12.6 Å². The largest absolute Gasteiger partial charge is 0.346 e. The van der Waals surface area contributed by atoms with Crippen LogP contribution in [0.25, 0.3) is 0 Å². The molecular formula is C10H16N2O3. The fourth-order valence-corrected chi connectivity index (χ4v) is 1.76. The molecule has 0 aliphatic carbocycles. The smallest absolute Gasteiger partial charge is 0.312 e.